The molecule has 0 radical (unpaired) electrons. The zero-order valence-electron chi connectivity index (χ0n) is 14.5. The zero-order valence-corrected chi connectivity index (χ0v) is 16.1. The molecule has 3 aromatic heterocycles. The van der Waals surface area contributed by atoms with Gasteiger partial charge in [-0.05, 0) is 24.1 Å². The second-order valence-corrected chi connectivity index (χ2v) is 8.17. The van der Waals surface area contributed by atoms with E-state index >= 15 is 0 Å². The van der Waals surface area contributed by atoms with E-state index in [-0.39, 0.29) is 5.56 Å². The molecule has 0 spiro atoms. The van der Waals surface area contributed by atoms with Crippen molar-refractivity contribution in [2.24, 2.45) is 0 Å². The Morgan fingerprint density at radius 1 is 1.15 bits per heavy atom. The summed E-state index contributed by atoms with van der Waals surface area (Å²) in [5.74, 6) is 0.962. The van der Waals surface area contributed by atoms with E-state index in [1.807, 2.05) is 47.0 Å². The highest BCUT2D eigenvalue weighted by Gasteiger charge is 2.17. The first-order valence-corrected chi connectivity index (χ1v) is 10.5. The summed E-state index contributed by atoms with van der Waals surface area (Å²) in [6.45, 7) is 2.71. The van der Waals surface area contributed by atoms with Gasteiger partial charge in [0, 0.05) is 17.3 Å². The van der Waals surface area contributed by atoms with E-state index in [4.69, 9.17) is 4.98 Å². The van der Waals surface area contributed by atoms with Gasteiger partial charge in [0.05, 0.1) is 12.1 Å². The maximum atomic E-state index is 13.2. The number of unbranched alkanes of at least 4 members (excludes halogenated alkanes) is 1. The van der Waals surface area contributed by atoms with Crippen molar-refractivity contribution in [2.75, 3.05) is 5.75 Å². The van der Waals surface area contributed by atoms with Gasteiger partial charge in [0.1, 0.15) is 9.53 Å². The molecule has 0 aliphatic rings. The highest BCUT2D eigenvalue weighted by Crippen LogP contribution is 2.30. The van der Waals surface area contributed by atoms with Crippen LogP contribution in [0.1, 0.15) is 25.3 Å². The predicted molar refractivity (Wildman–Crippen MR) is 110 cm³/mol. The van der Waals surface area contributed by atoms with Crippen LogP contribution in [0.2, 0.25) is 0 Å². The standard InChI is InChI=1S/C20H19N3OS2/c1-2-3-12-25-20-22-16-15-10-7-11-21-18(15)26-17(16)19(24)23(20)13-14-8-5-4-6-9-14/h4-11H,2-3,12-13H2,1H3. The van der Waals surface area contributed by atoms with Gasteiger partial charge in [-0.1, -0.05) is 55.4 Å². The monoisotopic (exact) mass is 381 g/mol. The molecule has 0 atom stereocenters. The Morgan fingerprint density at radius 2 is 2.00 bits per heavy atom. The Bertz CT molecular complexity index is 1100. The third-order valence-electron chi connectivity index (χ3n) is 4.23. The Balaban J connectivity index is 1.89. The molecule has 0 N–H and O–H groups in total. The molecule has 132 valence electrons. The van der Waals surface area contributed by atoms with E-state index in [0.29, 0.717) is 11.2 Å². The molecule has 0 amide bonds. The summed E-state index contributed by atoms with van der Waals surface area (Å²) in [5.41, 5.74) is 1.92. The number of fused-ring (bicyclic) bond motifs is 3. The van der Waals surface area contributed by atoms with E-state index in [2.05, 4.69) is 11.9 Å². The lowest BCUT2D eigenvalue weighted by molar-refractivity contribution is 0.659. The first kappa shape index (κ1) is 17.2. The van der Waals surface area contributed by atoms with Crippen LogP contribution in [0.25, 0.3) is 20.4 Å². The van der Waals surface area contributed by atoms with Crippen molar-refractivity contribution in [3.8, 4) is 0 Å². The third-order valence-corrected chi connectivity index (χ3v) is 6.38. The molecule has 0 fully saturated rings. The van der Waals surface area contributed by atoms with Crippen LogP contribution in [0.4, 0.5) is 0 Å². The molecule has 1 aromatic carbocycles. The normalized spacial score (nSPS) is 11.4. The number of aromatic nitrogens is 3. The van der Waals surface area contributed by atoms with Gasteiger partial charge in [-0.25, -0.2) is 9.97 Å². The number of rotatable bonds is 6. The lowest BCUT2D eigenvalue weighted by atomic mass is 10.2. The van der Waals surface area contributed by atoms with Crippen molar-refractivity contribution in [3.05, 3.63) is 64.6 Å². The highest BCUT2D eigenvalue weighted by atomic mass is 32.2. The van der Waals surface area contributed by atoms with Crippen molar-refractivity contribution in [3.63, 3.8) is 0 Å². The number of hydrogen-bond acceptors (Lipinski definition) is 5. The molecule has 0 aliphatic heterocycles. The third kappa shape index (κ3) is 3.27. The maximum Gasteiger partial charge on any atom is 0.272 e. The summed E-state index contributed by atoms with van der Waals surface area (Å²) >= 11 is 3.10. The number of hydrogen-bond donors (Lipinski definition) is 0. The highest BCUT2D eigenvalue weighted by molar-refractivity contribution is 7.99. The van der Waals surface area contributed by atoms with Crippen LogP contribution in [0.15, 0.2) is 58.6 Å². The molecule has 6 heteroatoms. The Morgan fingerprint density at radius 3 is 2.81 bits per heavy atom. The second kappa shape index (κ2) is 7.60. The van der Waals surface area contributed by atoms with Gasteiger partial charge < -0.3 is 0 Å². The summed E-state index contributed by atoms with van der Waals surface area (Å²) in [6.07, 6.45) is 4.00. The molecule has 0 aliphatic carbocycles. The Kier molecular flexibility index (Phi) is 5.04. The molecule has 4 rings (SSSR count). The van der Waals surface area contributed by atoms with Crippen LogP contribution in [-0.2, 0) is 6.54 Å². The maximum absolute atomic E-state index is 13.2. The molecule has 0 saturated carbocycles. The minimum Gasteiger partial charge on any atom is -0.282 e. The minimum absolute atomic E-state index is 0.0286. The lowest BCUT2D eigenvalue weighted by Crippen LogP contribution is -2.23. The Hall–Kier alpha value is -2.18. The predicted octanol–water partition coefficient (Wildman–Crippen LogP) is 4.95. The number of benzene rings is 1. The number of thioether (sulfide) groups is 1. The van der Waals surface area contributed by atoms with Gasteiger partial charge in [-0.15, -0.1) is 11.3 Å². The van der Waals surface area contributed by atoms with E-state index in [1.165, 1.54) is 11.3 Å². The molecular weight excluding hydrogens is 362 g/mol. The van der Waals surface area contributed by atoms with Crippen LogP contribution < -0.4 is 5.56 Å². The van der Waals surface area contributed by atoms with Crippen molar-refractivity contribution in [2.45, 2.75) is 31.5 Å². The number of nitrogens with zero attached hydrogens (tertiary/aromatic N) is 3. The summed E-state index contributed by atoms with van der Waals surface area (Å²) in [5, 5.41) is 1.76. The molecule has 3 heterocycles. The first-order chi connectivity index (χ1) is 12.8. The van der Waals surface area contributed by atoms with Crippen LogP contribution in [0.5, 0.6) is 0 Å². The quantitative estimate of drug-likeness (QED) is 0.269. The molecule has 4 aromatic rings. The average molecular weight is 382 g/mol. The van der Waals surface area contributed by atoms with Crippen molar-refractivity contribution in [1.29, 1.82) is 0 Å². The molecule has 4 nitrogen and oxygen atoms in total. The van der Waals surface area contributed by atoms with E-state index < -0.39 is 0 Å². The lowest BCUT2D eigenvalue weighted by Gasteiger charge is -2.12. The van der Waals surface area contributed by atoms with Gasteiger partial charge in [-0.3, -0.25) is 9.36 Å². The van der Waals surface area contributed by atoms with Crippen molar-refractivity contribution >= 4 is 43.5 Å². The fourth-order valence-corrected chi connectivity index (χ4v) is 4.97. The minimum atomic E-state index is 0.0286. The van der Waals surface area contributed by atoms with Gasteiger partial charge in [0.2, 0.25) is 0 Å². The van der Waals surface area contributed by atoms with Crippen molar-refractivity contribution < 1.29 is 0 Å². The van der Waals surface area contributed by atoms with Gasteiger partial charge in [-0.2, -0.15) is 0 Å². The first-order valence-electron chi connectivity index (χ1n) is 8.72. The summed E-state index contributed by atoms with van der Waals surface area (Å²) in [6, 6.07) is 14.0. The fourth-order valence-electron chi connectivity index (χ4n) is 2.86. The summed E-state index contributed by atoms with van der Waals surface area (Å²) in [7, 11) is 0. The molecular formula is C20H19N3OS2. The number of thiophene rings is 1. The van der Waals surface area contributed by atoms with E-state index in [0.717, 1.165) is 45.0 Å². The smallest absolute Gasteiger partial charge is 0.272 e. The summed E-state index contributed by atoms with van der Waals surface area (Å²) < 4.78 is 2.50. The second-order valence-electron chi connectivity index (χ2n) is 6.11. The molecule has 0 bridgehead atoms. The van der Waals surface area contributed by atoms with Crippen LogP contribution in [0.3, 0.4) is 0 Å². The van der Waals surface area contributed by atoms with Gasteiger partial charge >= 0.3 is 0 Å². The fraction of sp³-hybridized carbons (Fsp3) is 0.250. The van der Waals surface area contributed by atoms with E-state index in [1.54, 1.807) is 18.0 Å². The molecule has 0 unspecified atom stereocenters. The number of pyridine rings is 1. The Labute approximate surface area is 159 Å². The van der Waals surface area contributed by atoms with Gasteiger partial charge in [0.25, 0.3) is 5.56 Å². The SMILES string of the molecule is CCCCSc1nc2c(sc3ncccc32)c(=O)n1Cc1ccccc1. The molecule has 26 heavy (non-hydrogen) atoms. The van der Waals surface area contributed by atoms with Crippen LogP contribution >= 0.6 is 23.1 Å². The topological polar surface area (TPSA) is 47.8 Å². The summed E-state index contributed by atoms with van der Waals surface area (Å²) in [4.78, 5) is 23.4. The van der Waals surface area contributed by atoms with Crippen LogP contribution in [0, 0.1) is 0 Å². The molecule has 0 saturated heterocycles. The van der Waals surface area contributed by atoms with Gasteiger partial charge in [0.15, 0.2) is 5.16 Å². The van der Waals surface area contributed by atoms with E-state index in [9.17, 15) is 4.79 Å². The zero-order chi connectivity index (χ0) is 17.9. The van der Waals surface area contributed by atoms with Crippen LogP contribution in [-0.4, -0.2) is 20.3 Å². The largest absolute Gasteiger partial charge is 0.282 e. The average Bonchev–Trinajstić information content (AvgIpc) is 3.05. The van der Waals surface area contributed by atoms with Crippen molar-refractivity contribution in [1.82, 2.24) is 14.5 Å².